The molecule has 1 N–H and O–H groups in total. The number of rotatable bonds is 8. The van der Waals surface area contributed by atoms with Crippen LogP contribution in [0, 0.1) is 18.2 Å². The molecule has 0 aliphatic heterocycles. The van der Waals surface area contributed by atoms with Crippen LogP contribution in [0.1, 0.15) is 10.4 Å². The van der Waals surface area contributed by atoms with E-state index in [-0.39, 0.29) is 36.0 Å². The number of nitrogens with one attached hydrogen (secondary N) is 1. The number of hydrogen-bond acceptors (Lipinski definition) is 5. The zero-order chi connectivity index (χ0) is 19.0. The molecule has 0 heterocycles. The molecule has 0 atom stereocenters. The smallest absolute Gasteiger partial charge is 0.338 e. The van der Waals surface area contributed by atoms with Gasteiger partial charge in [0.25, 0.3) is 0 Å². The van der Waals surface area contributed by atoms with Gasteiger partial charge in [0.2, 0.25) is 10.0 Å². The minimum absolute atomic E-state index is 0.0472. The van der Waals surface area contributed by atoms with Gasteiger partial charge in [0.1, 0.15) is 13.2 Å². The molecule has 0 saturated carbocycles. The Kier molecular flexibility index (Phi) is 6.72. The standard InChI is InChI=1S/C18H16FNO5S/c1-2-10-20-26(22,23)15-7-5-6-14(13-15)18(21)25-12-11-24-17-9-4-3-8-16(17)19/h1,3-9,13,20H,10-12H2. The first kappa shape index (κ1) is 19.4. The van der Waals surface area contributed by atoms with Crippen molar-refractivity contribution < 1.29 is 27.1 Å². The number of hydrogen-bond donors (Lipinski definition) is 1. The van der Waals surface area contributed by atoms with Gasteiger partial charge in [-0.05, 0) is 30.3 Å². The van der Waals surface area contributed by atoms with Gasteiger partial charge in [0.15, 0.2) is 11.6 Å². The van der Waals surface area contributed by atoms with Crippen LogP contribution in [0.2, 0.25) is 0 Å². The van der Waals surface area contributed by atoms with E-state index in [4.69, 9.17) is 15.9 Å². The van der Waals surface area contributed by atoms with Crippen molar-refractivity contribution in [3.63, 3.8) is 0 Å². The first-order valence-corrected chi connectivity index (χ1v) is 9.00. The molecule has 0 saturated heterocycles. The van der Waals surface area contributed by atoms with Crippen LogP contribution in [0.4, 0.5) is 4.39 Å². The summed E-state index contributed by atoms with van der Waals surface area (Å²) in [6.07, 6.45) is 5.02. The third-order valence-corrected chi connectivity index (χ3v) is 4.55. The molecule has 26 heavy (non-hydrogen) atoms. The van der Waals surface area contributed by atoms with Crippen LogP contribution in [-0.2, 0) is 14.8 Å². The summed E-state index contributed by atoms with van der Waals surface area (Å²) in [5, 5.41) is 0. The molecular weight excluding hydrogens is 361 g/mol. The molecule has 2 rings (SSSR count). The van der Waals surface area contributed by atoms with Gasteiger partial charge in [-0.1, -0.05) is 24.1 Å². The highest BCUT2D eigenvalue weighted by Gasteiger charge is 2.16. The number of benzene rings is 2. The van der Waals surface area contributed by atoms with Crippen LogP contribution in [0.15, 0.2) is 53.4 Å². The molecule has 0 aliphatic carbocycles. The van der Waals surface area contributed by atoms with Gasteiger partial charge in [-0.3, -0.25) is 0 Å². The molecule has 2 aromatic carbocycles. The molecule has 0 unspecified atom stereocenters. The van der Waals surface area contributed by atoms with E-state index in [1.807, 2.05) is 0 Å². The highest BCUT2D eigenvalue weighted by Crippen LogP contribution is 2.15. The van der Waals surface area contributed by atoms with Gasteiger partial charge in [-0.2, -0.15) is 4.72 Å². The van der Waals surface area contributed by atoms with Gasteiger partial charge >= 0.3 is 5.97 Å². The lowest BCUT2D eigenvalue weighted by Gasteiger charge is -2.09. The van der Waals surface area contributed by atoms with Gasteiger partial charge in [-0.15, -0.1) is 6.42 Å². The Hall–Kier alpha value is -2.89. The van der Waals surface area contributed by atoms with Crippen molar-refractivity contribution in [3.8, 4) is 18.1 Å². The summed E-state index contributed by atoms with van der Waals surface area (Å²) in [6.45, 7) is -0.335. The normalized spacial score (nSPS) is 10.8. The van der Waals surface area contributed by atoms with E-state index in [2.05, 4.69) is 10.6 Å². The minimum atomic E-state index is -3.81. The Morgan fingerprint density at radius 1 is 1.15 bits per heavy atom. The van der Waals surface area contributed by atoms with E-state index in [9.17, 15) is 17.6 Å². The maximum absolute atomic E-state index is 13.4. The third-order valence-electron chi connectivity index (χ3n) is 3.15. The molecule has 6 nitrogen and oxygen atoms in total. The number of esters is 1. The van der Waals surface area contributed by atoms with Crippen LogP contribution >= 0.6 is 0 Å². The second-order valence-corrected chi connectivity index (χ2v) is 6.74. The lowest BCUT2D eigenvalue weighted by atomic mass is 10.2. The molecule has 2 aromatic rings. The molecule has 136 valence electrons. The maximum atomic E-state index is 13.4. The van der Waals surface area contributed by atoms with Crippen LogP contribution in [0.3, 0.4) is 0 Å². The number of sulfonamides is 1. The van der Waals surface area contributed by atoms with E-state index in [1.54, 1.807) is 6.07 Å². The number of para-hydroxylation sites is 1. The van der Waals surface area contributed by atoms with E-state index < -0.39 is 21.8 Å². The Bertz CT molecular complexity index is 921. The van der Waals surface area contributed by atoms with Gasteiger partial charge < -0.3 is 9.47 Å². The molecule has 0 bridgehead atoms. The predicted molar refractivity (Wildman–Crippen MR) is 92.6 cm³/mol. The lowest BCUT2D eigenvalue weighted by molar-refractivity contribution is 0.0448. The summed E-state index contributed by atoms with van der Waals surface area (Å²) in [6, 6.07) is 11.2. The molecule has 0 amide bonds. The number of halogens is 1. The third kappa shape index (κ3) is 5.31. The van der Waals surface area contributed by atoms with Gasteiger partial charge in [0.05, 0.1) is 17.0 Å². The zero-order valence-electron chi connectivity index (χ0n) is 13.6. The first-order valence-electron chi connectivity index (χ1n) is 7.51. The Morgan fingerprint density at radius 2 is 1.92 bits per heavy atom. The van der Waals surface area contributed by atoms with E-state index >= 15 is 0 Å². The highest BCUT2D eigenvalue weighted by molar-refractivity contribution is 7.89. The fraction of sp³-hybridized carbons (Fsp3) is 0.167. The van der Waals surface area contributed by atoms with Crippen molar-refractivity contribution in [2.75, 3.05) is 19.8 Å². The van der Waals surface area contributed by atoms with E-state index in [0.717, 1.165) is 0 Å². The van der Waals surface area contributed by atoms with Crippen molar-refractivity contribution in [2.24, 2.45) is 0 Å². The summed E-state index contributed by atoms with van der Waals surface area (Å²) in [4.78, 5) is 11.9. The quantitative estimate of drug-likeness (QED) is 0.432. The first-order chi connectivity index (χ1) is 12.4. The summed E-state index contributed by atoms with van der Waals surface area (Å²) < 4.78 is 49.7. The Labute approximate surface area is 151 Å². The molecular formula is C18H16FNO5S. The summed E-state index contributed by atoms with van der Waals surface area (Å²) in [7, 11) is -3.81. The fourth-order valence-corrected chi connectivity index (χ4v) is 2.92. The average molecular weight is 377 g/mol. The topological polar surface area (TPSA) is 81.7 Å². The summed E-state index contributed by atoms with van der Waals surface area (Å²) in [5.41, 5.74) is 0.0551. The zero-order valence-corrected chi connectivity index (χ0v) is 14.5. The molecule has 0 aromatic heterocycles. The Morgan fingerprint density at radius 3 is 2.65 bits per heavy atom. The van der Waals surface area contributed by atoms with Crippen LogP contribution in [-0.4, -0.2) is 34.1 Å². The maximum Gasteiger partial charge on any atom is 0.338 e. The second kappa shape index (κ2) is 8.99. The second-order valence-electron chi connectivity index (χ2n) is 4.97. The highest BCUT2D eigenvalue weighted by atomic mass is 32.2. The van der Waals surface area contributed by atoms with Crippen molar-refractivity contribution in [1.82, 2.24) is 4.72 Å². The number of ether oxygens (including phenoxy) is 2. The molecule has 0 radical (unpaired) electrons. The number of carbonyl (C=O) groups excluding carboxylic acids is 1. The monoisotopic (exact) mass is 377 g/mol. The SMILES string of the molecule is C#CCNS(=O)(=O)c1cccc(C(=O)OCCOc2ccccc2F)c1. The molecule has 8 heteroatoms. The van der Waals surface area contributed by atoms with Gasteiger partial charge in [0, 0.05) is 0 Å². The van der Waals surface area contributed by atoms with E-state index in [0.29, 0.717) is 0 Å². The fourth-order valence-electron chi connectivity index (χ4n) is 1.94. The van der Waals surface area contributed by atoms with Crippen molar-refractivity contribution in [3.05, 3.63) is 59.9 Å². The van der Waals surface area contributed by atoms with E-state index in [1.165, 1.54) is 42.5 Å². The predicted octanol–water partition coefficient (Wildman–Crippen LogP) is 1.97. The van der Waals surface area contributed by atoms with Crippen molar-refractivity contribution >= 4 is 16.0 Å². The minimum Gasteiger partial charge on any atom is -0.487 e. The summed E-state index contributed by atoms with van der Waals surface area (Å²) >= 11 is 0. The number of carbonyl (C=O) groups is 1. The summed E-state index contributed by atoms with van der Waals surface area (Å²) in [5.74, 6) is 0.969. The average Bonchev–Trinajstić information content (AvgIpc) is 2.65. The number of terminal acetylenes is 1. The largest absolute Gasteiger partial charge is 0.487 e. The molecule has 0 aliphatic rings. The Balaban J connectivity index is 1.93. The molecule has 0 spiro atoms. The van der Waals surface area contributed by atoms with Crippen LogP contribution in [0.5, 0.6) is 5.75 Å². The van der Waals surface area contributed by atoms with Gasteiger partial charge in [-0.25, -0.2) is 17.6 Å². The van der Waals surface area contributed by atoms with Crippen molar-refractivity contribution in [1.29, 1.82) is 0 Å². The lowest BCUT2D eigenvalue weighted by Crippen LogP contribution is -2.24. The van der Waals surface area contributed by atoms with Crippen LogP contribution in [0.25, 0.3) is 0 Å². The van der Waals surface area contributed by atoms with Crippen molar-refractivity contribution in [2.45, 2.75) is 4.90 Å². The molecule has 0 fully saturated rings. The van der Waals surface area contributed by atoms with Crippen LogP contribution < -0.4 is 9.46 Å².